The van der Waals surface area contributed by atoms with Crippen molar-refractivity contribution in [1.29, 1.82) is 0 Å². The Balaban J connectivity index is 1.60. The lowest BCUT2D eigenvalue weighted by molar-refractivity contribution is 0.108. The molecule has 0 aliphatic rings. The average molecular weight is 344 g/mol. The summed E-state index contributed by atoms with van der Waals surface area (Å²) in [5, 5.41) is 10.00. The first-order valence-electron chi connectivity index (χ1n) is 8.78. The second-order valence-corrected chi connectivity index (χ2v) is 6.46. The molecule has 1 aromatic carbocycles. The minimum Gasteiger partial charge on any atom is -0.381 e. The number of nitrogens with zero attached hydrogens (tertiary/aromatic N) is 2. The first-order valence-corrected chi connectivity index (χ1v) is 8.78. The SMILES string of the molecule is CC(C)COCCCNC(=O)NCc1cnn(Cc2ccccc2)c1. The summed E-state index contributed by atoms with van der Waals surface area (Å²) in [5.41, 5.74) is 2.17. The molecule has 6 nitrogen and oxygen atoms in total. The third kappa shape index (κ3) is 7.85. The molecule has 1 heterocycles. The monoisotopic (exact) mass is 344 g/mol. The van der Waals surface area contributed by atoms with E-state index in [2.05, 4.69) is 41.7 Å². The quantitative estimate of drug-likeness (QED) is 0.651. The number of ether oxygens (including phenoxy) is 1. The highest BCUT2D eigenvalue weighted by Gasteiger charge is 2.03. The van der Waals surface area contributed by atoms with Crippen LogP contribution in [0.2, 0.25) is 0 Å². The maximum Gasteiger partial charge on any atom is 0.315 e. The molecule has 0 radical (unpaired) electrons. The summed E-state index contributed by atoms with van der Waals surface area (Å²) >= 11 is 0. The zero-order valence-electron chi connectivity index (χ0n) is 15.1. The molecule has 0 aliphatic heterocycles. The van der Waals surface area contributed by atoms with Crippen molar-refractivity contribution in [2.75, 3.05) is 19.8 Å². The Morgan fingerprint density at radius 2 is 2.00 bits per heavy atom. The smallest absolute Gasteiger partial charge is 0.315 e. The van der Waals surface area contributed by atoms with Gasteiger partial charge in [-0.3, -0.25) is 4.68 Å². The minimum atomic E-state index is -0.167. The summed E-state index contributed by atoms with van der Waals surface area (Å²) < 4.78 is 7.35. The molecule has 6 heteroatoms. The minimum absolute atomic E-state index is 0.167. The van der Waals surface area contributed by atoms with E-state index in [4.69, 9.17) is 4.74 Å². The molecule has 0 bridgehead atoms. The topological polar surface area (TPSA) is 68.2 Å². The Kier molecular flexibility index (Phi) is 7.98. The number of urea groups is 1. The maximum atomic E-state index is 11.8. The molecule has 1 aromatic heterocycles. The highest BCUT2D eigenvalue weighted by Crippen LogP contribution is 2.03. The first kappa shape index (κ1) is 19.0. The van der Waals surface area contributed by atoms with Gasteiger partial charge in [0.15, 0.2) is 0 Å². The molecule has 2 amide bonds. The lowest BCUT2D eigenvalue weighted by atomic mass is 10.2. The highest BCUT2D eigenvalue weighted by molar-refractivity contribution is 5.73. The van der Waals surface area contributed by atoms with Gasteiger partial charge in [0.2, 0.25) is 0 Å². The van der Waals surface area contributed by atoms with Crippen LogP contribution in [0.15, 0.2) is 42.7 Å². The molecule has 0 fully saturated rings. The standard InChI is InChI=1S/C19H28N4O2/c1-16(2)15-25-10-6-9-20-19(24)21-11-18-12-22-23(14-18)13-17-7-4-3-5-8-17/h3-5,7-8,12,14,16H,6,9-11,13,15H2,1-2H3,(H2,20,21,24). The second-order valence-electron chi connectivity index (χ2n) is 6.46. The van der Waals surface area contributed by atoms with Crippen LogP contribution in [0.3, 0.4) is 0 Å². The fourth-order valence-electron chi connectivity index (χ4n) is 2.29. The third-order valence-corrected chi connectivity index (χ3v) is 3.53. The lowest BCUT2D eigenvalue weighted by Crippen LogP contribution is -2.35. The van der Waals surface area contributed by atoms with Gasteiger partial charge in [-0.2, -0.15) is 5.10 Å². The number of hydrogen-bond acceptors (Lipinski definition) is 3. The van der Waals surface area contributed by atoms with Gasteiger partial charge in [-0.15, -0.1) is 0 Å². The van der Waals surface area contributed by atoms with Gasteiger partial charge in [-0.25, -0.2) is 4.79 Å². The van der Waals surface area contributed by atoms with Gasteiger partial charge in [0, 0.05) is 38.1 Å². The molecule has 25 heavy (non-hydrogen) atoms. The number of benzene rings is 1. The number of rotatable bonds is 10. The summed E-state index contributed by atoms with van der Waals surface area (Å²) in [4.78, 5) is 11.8. The fourth-order valence-corrected chi connectivity index (χ4v) is 2.29. The number of hydrogen-bond donors (Lipinski definition) is 2. The second kappa shape index (κ2) is 10.5. The summed E-state index contributed by atoms with van der Waals surface area (Å²) in [6.07, 6.45) is 4.55. The number of nitrogens with one attached hydrogen (secondary N) is 2. The van der Waals surface area contributed by atoms with Crippen molar-refractivity contribution < 1.29 is 9.53 Å². The van der Waals surface area contributed by atoms with Gasteiger partial charge in [0.25, 0.3) is 0 Å². The van der Waals surface area contributed by atoms with Crippen molar-refractivity contribution >= 4 is 6.03 Å². The van der Waals surface area contributed by atoms with E-state index in [0.29, 0.717) is 25.6 Å². The number of carbonyl (C=O) groups is 1. The zero-order valence-corrected chi connectivity index (χ0v) is 15.1. The molecule has 2 rings (SSSR count). The molecule has 0 spiro atoms. The van der Waals surface area contributed by atoms with E-state index in [9.17, 15) is 4.79 Å². The Labute approximate surface area is 149 Å². The number of aromatic nitrogens is 2. The van der Waals surface area contributed by atoms with E-state index < -0.39 is 0 Å². The predicted molar refractivity (Wildman–Crippen MR) is 98.3 cm³/mol. The van der Waals surface area contributed by atoms with Crippen molar-refractivity contribution in [3.63, 3.8) is 0 Å². The molecule has 0 saturated carbocycles. The van der Waals surface area contributed by atoms with Crippen LogP contribution in [-0.2, 0) is 17.8 Å². The van der Waals surface area contributed by atoms with E-state index in [1.165, 1.54) is 5.56 Å². The van der Waals surface area contributed by atoms with Crippen LogP contribution in [0, 0.1) is 5.92 Å². The van der Waals surface area contributed by atoms with Crippen molar-refractivity contribution in [3.05, 3.63) is 53.9 Å². The van der Waals surface area contributed by atoms with Gasteiger partial charge in [0.05, 0.1) is 12.7 Å². The molecule has 0 atom stereocenters. The van der Waals surface area contributed by atoms with Crippen LogP contribution < -0.4 is 10.6 Å². The molecule has 0 saturated heterocycles. The van der Waals surface area contributed by atoms with E-state index in [1.807, 2.05) is 29.1 Å². The maximum absolute atomic E-state index is 11.8. The summed E-state index contributed by atoms with van der Waals surface area (Å²) in [6.45, 7) is 7.47. The van der Waals surface area contributed by atoms with Gasteiger partial charge in [0.1, 0.15) is 0 Å². The number of amides is 2. The predicted octanol–water partition coefficient (Wildman–Crippen LogP) is 2.79. The van der Waals surface area contributed by atoms with E-state index >= 15 is 0 Å². The molecule has 136 valence electrons. The lowest BCUT2D eigenvalue weighted by Gasteiger charge is -2.08. The summed E-state index contributed by atoms with van der Waals surface area (Å²) in [5.74, 6) is 0.541. The Hall–Kier alpha value is -2.34. The van der Waals surface area contributed by atoms with Gasteiger partial charge >= 0.3 is 6.03 Å². The van der Waals surface area contributed by atoms with Crippen molar-refractivity contribution in [3.8, 4) is 0 Å². The third-order valence-electron chi connectivity index (χ3n) is 3.53. The van der Waals surface area contributed by atoms with E-state index in [1.54, 1.807) is 6.20 Å². The Morgan fingerprint density at radius 3 is 2.76 bits per heavy atom. The molecule has 2 N–H and O–H groups in total. The highest BCUT2D eigenvalue weighted by atomic mass is 16.5. The number of carbonyl (C=O) groups excluding carboxylic acids is 1. The van der Waals surface area contributed by atoms with Crippen LogP contribution in [-0.4, -0.2) is 35.6 Å². The normalized spacial score (nSPS) is 10.8. The summed E-state index contributed by atoms with van der Waals surface area (Å²) in [7, 11) is 0. The molecule has 0 aliphatic carbocycles. The van der Waals surface area contributed by atoms with Crippen molar-refractivity contribution in [2.24, 2.45) is 5.92 Å². The van der Waals surface area contributed by atoms with Crippen molar-refractivity contribution in [1.82, 2.24) is 20.4 Å². The largest absolute Gasteiger partial charge is 0.381 e. The summed E-state index contributed by atoms with van der Waals surface area (Å²) in [6, 6.07) is 9.99. The average Bonchev–Trinajstić information content (AvgIpc) is 3.04. The van der Waals surface area contributed by atoms with Crippen molar-refractivity contribution in [2.45, 2.75) is 33.4 Å². The fraction of sp³-hybridized carbons (Fsp3) is 0.474. The first-order chi connectivity index (χ1) is 12.1. The van der Waals surface area contributed by atoms with Crippen LogP contribution in [0.25, 0.3) is 0 Å². The molecular formula is C19H28N4O2. The molecule has 2 aromatic rings. The Morgan fingerprint density at radius 1 is 1.20 bits per heavy atom. The van der Waals surface area contributed by atoms with Crippen LogP contribution >= 0.6 is 0 Å². The van der Waals surface area contributed by atoms with Gasteiger partial charge < -0.3 is 15.4 Å². The molecule has 0 unspecified atom stereocenters. The Bertz CT molecular complexity index is 625. The van der Waals surface area contributed by atoms with Crippen LogP contribution in [0.5, 0.6) is 0 Å². The van der Waals surface area contributed by atoms with Crippen LogP contribution in [0.4, 0.5) is 4.79 Å². The van der Waals surface area contributed by atoms with Gasteiger partial charge in [-0.1, -0.05) is 44.2 Å². The molecular weight excluding hydrogens is 316 g/mol. The van der Waals surface area contributed by atoms with Crippen LogP contribution in [0.1, 0.15) is 31.4 Å². The van der Waals surface area contributed by atoms with E-state index in [-0.39, 0.29) is 6.03 Å². The zero-order chi connectivity index (χ0) is 17.9. The van der Waals surface area contributed by atoms with E-state index in [0.717, 1.165) is 25.1 Å². The van der Waals surface area contributed by atoms with Gasteiger partial charge in [-0.05, 0) is 17.9 Å².